The monoisotopic (exact) mass is 416 g/mol. The molecule has 0 aliphatic rings. The van der Waals surface area contributed by atoms with E-state index in [2.05, 4.69) is 20.7 Å². The van der Waals surface area contributed by atoms with Gasteiger partial charge >= 0.3 is 0 Å². The molecule has 2 aromatic heterocycles. The third kappa shape index (κ3) is 4.88. The Kier molecular flexibility index (Phi) is 6.24. The second-order valence-corrected chi connectivity index (χ2v) is 6.82. The number of carbonyl (C=O) groups excluding carboxylic acids is 2. The summed E-state index contributed by atoms with van der Waals surface area (Å²) in [5, 5.41) is 9.07. The van der Waals surface area contributed by atoms with Crippen LogP contribution in [0.2, 0.25) is 0 Å². The molecule has 0 fully saturated rings. The number of imidazole rings is 1. The largest absolute Gasteiger partial charge is 0.346 e. The average Bonchev–Trinajstić information content (AvgIpc) is 3.27. The van der Waals surface area contributed by atoms with Gasteiger partial charge in [-0.3, -0.25) is 14.3 Å². The van der Waals surface area contributed by atoms with E-state index < -0.39 is 23.4 Å². The molecule has 0 aliphatic carbocycles. The molecule has 0 spiro atoms. The number of hydrogen-bond donors (Lipinski definition) is 2. The molecular weight excluding hydrogens is 394 g/mol. The molecule has 2 amide bonds. The lowest BCUT2D eigenvalue weighted by Gasteiger charge is -2.11. The summed E-state index contributed by atoms with van der Waals surface area (Å²) in [4.78, 5) is 28.8. The number of anilines is 1. The zero-order valence-electron chi connectivity index (χ0n) is 16.9. The first kappa shape index (κ1) is 21.2. The van der Waals surface area contributed by atoms with Gasteiger partial charge in [-0.15, -0.1) is 0 Å². The third-order valence-corrected chi connectivity index (χ3v) is 4.45. The van der Waals surface area contributed by atoms with E-state index in [0.29, 0.717) is 11.8 Å². The molecule has 30 heavy (non-hydrogen) atoms. The van der Waals surface area contributed by atoms with Gasteiger partial charge in [0.25, 0.3) is 5.91 Å². The molecule has 0 saturated carbocycles. The molecule has 0 bridgehead atoms. The van der Waals surface area contributed by atoms with Crippen molar-refractivity contribution in [1.82, 2.24) is 24.6 Å². The third-order valence-electron chi connectivity index (χ3n) is 4.45. The summed E-state index contributed by atoms with van der Waals surface area (Å²) >= 11 is 0. The summed E-state index contributed by atoms with van der Waals surface area (Å²) in [6.45, 7) is 6.20. The van der Waals surface area contributed by atoms with Crippen molar-refractivity contribution >= 4 is 17.5 Å². The van der Waals surface area contributed by atoms with Gasteiger partial charge in [-0.1, -0.05) is 0 Å². The van der Waals surface area contributed by atoms with Gasteiger partial charge in [-0.2, -0.15) is 5.10 Å². The molecule has 0 atom stereocenters. The van der Waals surface area contributed by atoms with Crippen LogP contribution in [-0.4, -0.2) is 31.1 Å². The topological polar surface area (TPSA) is 93.8 Å². The van der Waals surface area contributed by atoms with Crippen molar-refractivity contribution in [3.63, 3.8) is 0 Å². The summed E-state index contributed by atoms with van der Waals surface area (Å²) in [6, 6.07) is 3.35. The predicted octanol–water partition coefficient (Wildman–Crippen LogP) is 2.56. The lowest BCUT2D eigenvalue weighted by molar-refractivity contribution is -0.117. The Morgan fingerprint density at radius 1 is 1.13 bits per heavy atom. The van der Waals surface area contributed by atoms with E-state index in [4.69, 9.17) is 0 Å². The average molecular weight is 416 g/mol. The minimum Gasteiger partial charge on any atom is -0.346 e. The molecule has 8 nitrogen and oxygen atoms in total. The van der Waals surface area contributed by atoms with Crippen molar-refractivity contribution in [2.24, 2.45) is 0 Å². The van der Waals surface area contributed by atoms with Gasteiger partial charge in [0.2, 0.25) is 5.91 Å². The van der Waals surface area contributed by atoms with Crippen LogP contribution < -0.4 is 10.6 Å². The highest BCUT2D eigenvalue weighted by atomic mass is 19.1. The molecular formula is C20H22F2N6O2. The van der Waals surface area contributed by atoms with Gasteiger partial charge in [0.05, 0.1) is 35.5 Å². The fourth-order valence-electron chi connectivity index (χ4n) is 2.92. The lowest BCUT2D eigenvalue weighted by atomic mass is 10.1. The van der Waals surface area contributed by atoms with Crippen LogP contribution in [0.1, 0.15) is 34.4 Å². The van der Waals surface area contributed by atoms with Gasteiger partial charge in [0.1, 0.15) is 18.2 Å². The Morgan fingerprint density at radius 2 is 1.90 bits per heavy atom. The minimum absolute atomic E-state index is 0.0856. The summed E-state index contributed by atoms with van der Waals surface area (Å²) in [7, 11) is 0. The van der Waals surface area contributed by atoms with Crippen molar-refractivity contribution in [3.05, 3.63) is 65.0 Å². The van der Waals surface area contributed by atoms with Gasteiger partial charge in [-0.05, 0) is 32.9 Å². The molecule has 2 heterocycles. The second kappa shape index (κ2) is 8.85. The maximum absolute atomic E-state index is 14.2. The molecule has 1 aromatic carbocycles. The summed E-state index contributed by atoms with van der Waals surface area (Å²) in [5.74, 6) is -3.30. The molecule has 0 unspecified atom stereocenters. The number of benzene rings is 1. The number of amides is 2. The van der Waals surface area contributed by atoms with Crippen LogP contribution >= 0.6 is 0 Å². The van der Waals surface area contributed by atoms with Crippen molar-refractivity contribution in [2.45, 2.75) is 40.4 Å². The van der Waals surface area contributed by atoms with Gasteiger partial charge in [0, 0.05) is 24.5 Å². The smallest absolute Gasteiger partial charge is 0.254 e. The number of rotatable bonds is 7. The molecule has 3 rings (SSSR count). The zero-order chi connectivity index (χ0) is 21.8. The van der Waals surface area contributed by atoms with E-state index in [1.54, 1.807) is 32.4 Å². The Hall–Kier alpha value is -3.56. The first-order valence-electron chi connectivity index (χ1n) is 9.35. The Morgan fingerprint density at radius 3 is 2.53 bits per heavy atom. The number of carbonyl (C=O) groups is 2. The maximum Gasteiger partial charge on any atom is 0.254 e. The van der Waals surface area contributed by atoms with E-state index in [-0.39, 0.29) is 24.3 Å². The van der Waals surface area contributed by atoms with E-state index >= 15 is 0 Å². The van der Waals surface area contributed by atoms with Gasteiger partial charge in [-0.25, -0.2) is 13.8 Å². The summed E-state index contributed by atoms with van der Waals surface area (Å²) in [6.07, 6.45) is 3.38. The maximum atomic E-state index is 14.2. The fraction of sp³-hybridized carbons (Fsp3) is 0.300. The number of nitrogens with zero attached hydrogens (tertiary/aromatic N) is 4. The quantitative estimate of drug-likeness (QED) is 0.619. The van der Waals surface area contributed by atoms with Crippen molar-refractivity contribution in [2.75, 3.05) is 5.32 Å². The number of hydrogen-bond acceptors (Lipinski definition) is 4. The molecule has 3 aromatic rings. The Labute approximate surface area is 171 Å². The zero-order valence-corrected chi connectivity index (χ0v) is 16.9. The molecule has 0 aliphatic heterocycles. The number of halogens is 2. The van der Waals surface area contributed by atoms with Crippen LogP contribution in [0.25, 0.3) is 0 Å². The Bertz CT molecular complexity index is 1090. The normalized spacial score (nSPS) is 10.8. The molecule has 0 radical (unpaired) electrons. The van der Waals surface area contributed by atoms with E-state index in [1.807, 2.05) is 11.5 Å². The molecule has 0 saturated heterocycles. The van der Waals surface area contributed by atoms with E-state index in [9.17, 15) is 18.4 Å². The molecule has 158 valence electrons. The first-order valence-corrected chi connectivity index (χ1v) is 9.35. The van der Waals surface area contributed by atoms with E-state index in [1.165, 1.54) is 4.68 Å². The lowest BCUT2D eigenvalue weighted by Crippen LogP contribution is -2.25. The first-order chi connectivity index (χ1) is 14.3. The van der Waals surface area contributed by atoms with Crippen molar-refractivity contribution in [1.29, 1.82) is 0 Å². The van der Waals surface area contributed by atoms with E-state index in [0.717, 1.165) is 24.0 Å². The molecule has 10 heteroatoms. The van der Waals surface area contributed by atoms with Crippen LogP contribution in [-0.2, 0) is 24.4 Å². The predicted molar refractivity (Wildman–Crippen MR) is 106 cm³/mol. The fourth-order valence-corrected chi connectivity index (χ4v) is 2.92. The highest BCUT2D eigenvalue weighted by molar-refractivity contribution is 5.97. The van der Waals surface area contributed by atoms with Crippen LogP contribution in [0.5, 0.6) is 0 Å². The Balaban J connectivity index is 1.70. The molecule has 2 N–H and O–H groups in total. The number of nitrogens with one attached hydrogen (secondary N) is 2. The van der Waals surface area contributed by atoms with Crippen LogP contribution in [0.4, 0.5) is 14.5 Å². The minimum atomic E-state index is -1.03. The SMILES string of the molecule is CCn1cnc(CNC(=O)c2cc(NC(=O)Cn3nc(C)cc3C)c(F)cc2F)c1. The standard InChI is InChI=1S/C20H22F2N6O2/c1-4-27-9-14(24-11-27)8-23-20(30)15-6-18(17(22)7-16(15)21)25-19(29)10-28-13(3)5-12(2)26-28/h5-7,9,11H,4,8,10H2,1-3H3,(H,23,30)(H,25,29). The van der Waals surface area contributed by atoms with Crippen LogP contribution in [0.15, 0.2) is 30.7 Å². The van der Waals surface area contributed by atoms with Crippen molar-refractivity contribution in [3.8, 4) is 0 Å². The second-order valence-electron chi connectivity index (χ2n) is 6.82. The van der Waals surface area contributed by atoms with Crippen molar-refractivity contribution < 1.29 is 18.4 Å². The summed E-state index contributed by atoms with van der Waals surface area (Å²) < 4.78 is 31.6. The number of aryl methyl sites for hydroxylation is 3. The van der Waals surface area contributed by atoms with Crippen LogP contribution in [0.3, 0.4) is 0 Å². The van der Waals surface area contributed by atoms with Crippen LogP contribution in [0, 0.1) is 25.5 Å². The summed E-state index contributed by atoms with van der Waals surface area (Å²) in [5.41, 5.74) is 1.45. The number of aromatic nitrogens is 4. The highest BCUT2D eigenvalue weighted by Crippen LogP contribution is 2.20. The highest BCUT2D eigenvalue weighted by Gasteiger charge is 2.18. The van der Waals surface area contributed by atoms with Gasteiger partial charge < -0.3 is 15.2 Å². The van der Waals surface area contributed by atoms with Gasteiger partial charge in [0.15, 0.2) is 0 Å².